The van der Waals surface area contributed by atoms with Crippen LogP contribution in [0.3, 0.4) is 0 Å². The molecule has 0 amide bonds. The minimum Gasteiger partial charge on any atom is -0.383 e. The summed E-state index contributed by atoms with van der Waals surface area (Å²) in [5.74, 6) is 0.711. The van der Waals surface area contributed by atoms with Gasteiger partial charge >= 0.3 is 0 Å². The number of anilines is 2. The first kappa shape index (κ1) is 20.0. The molecule has 2 aromatic carbocycles. The van der Waals surface area contributed by atoms with Crippen molar-refractivity contribution in [3.8, 4) is 0 Å². The number of fused-ring (bicyclic) bond motifs is 1. The van der Waals surface area contributed by atoms with Gasteiger partial charge in [0.1, 0.15) is 0 Å². The Bertz CT molecular complexity index is 1030. The van der Waals surface area contributed by atoms with Crippen LogP contribution in [0.2, 0.25) is 0 Å². The lowest BCUT2D eigenvalue weighted by Gasteiger charge is -2.32. The van der Waals surface area contributed by atoms with E-state index in [4.69, 9.17) is 15.7 Å². The van der Waals surface area contributed by atoms with Crippen molar-refractivity contribution in [3.05, 3.63) is 64.3 Å². The molecular formula is C21H25N7O2. The average molecular weight is 407 g/mol. The molecule has 1 saturated heterocycles. The van der Waals surface area contributed by atoms with Crippen LogP contribution in [0.25, 0.3) is 10.9 Å². The molecule has 0 bridgehead atoms. The molecule has 1 aliphatic rings. The summed E-state index contributed by atoms with van der Waals surface area (Å²) in [7, 11) is 2.11. The van der Waals surface area contributed by atoms with Gasteiger partial charge in [-0.1, -0.05) is 18.2 Å². The molecule has 0 spiro atoms. The number of benzene rings is 2. The summed E-state index contributed by atoms with van der Waals surface area (Å²) in [6.07, 6.45) is 0. The lowest BCUT2D eigenvalue weighted by molar-refractivity contribution is -0.384. The number of hydrogen-bond acceptors (Lipinski definition) is 8. The number of hydrogen-bond donors (Lipinski definition) is 2. The molecule has 0 saturated carbocycles. The summed E-state index contributed by atoms with van der Waals surface area (Å²) in [5.41, 5.74) is 9.02. The number of nitro groups is 1. The second-order valence-corrected chi connectivity index (χ2v) is 7.51. The number of nitrogens with one attached hydrogen (secondary N) is 1. The van der Waals surface area contributed by atoms with Gasteiger partial charge in [0.05, 0.1) is 22.2 Å². The van der Waals surface area contributed by atoms with Crippen LogP contribution in [0.4, 0.5) is 17.3 Å². The summed E-state index contributed by atoms with van der Waals surface area (Å²) in [6.45, 7) is 4.15. The molecule has 1 fully saturated rings. The highest BCUT2D eigenvalue weighted by Crippen LogP contribution is 2.25. The summed E-state index contributed by atoms with van der Waals surface area (Å²) >= 11 is 0. The van der Waals surface area contributed by atoms with Crippen molar-refractivity contribution in [1.82, 2.24) is 14.9 Å². The minimum absolute atomic E-state index is 0.0588. The van der Waals surface area contributed by atoms with Crippen LogP contribution in [0.15, 0.2) is 48.5 Å². The highest BCUT2D eigenvalue weighted by molar-refractivity contribution is 5.82. The molecule has 2 heterocycles. The first-order valence-corrected chi connectivity index (χ1v) is 9.95. The van der Waals surface area contributed by atoms with Gasteiger partial charge in [-0.3, -0.25) is 10.1 Å². The highest BCUT2D eigenvalue weighted by atomic mass is 16.6. The first-order valence-electron chi connectivity index (χ1n) is 9.95. The van der Waals surface area contributed by atoms with Crippen LogP contribution in [0, 0.1) is 10.1 Å². The average Bonchev–Trinajstić information content (AvgIpc) is 2.77. The van der Waals surface area contributed by atoms with Crippen molar-refractivity contribution in [1.29, 1.82) is 0 Å². The number of piperazine rings is 1. The van der Waals surface area contributed by atoms with Crippen LogP contribution < -0.4 is 16.0 Å². The third kappa shape index (κ3) is 4.32. The number of nitrogens with two attached hydrogens (primary N) is 1. The Labute approximate surface area is 174 Å². The Morgan fingerprint density at radius 1 is 1.10 bits per heavy atom. The highest BCUT2D eigenvalue weighted by Gasteiger charge is 2.20. The lowest BCUT2D eigenvalue weighted by atomic mass is 10.1. The maximum Gasteiger partial charge on any atom is 0.269 e. The van der Waals surface area contributed by atoms with Crippen molar-refractivity contribution >= 4 is 28.2 Å². The van der Waals surface area contributed by atoms with E-state index in [2.05, 4.69) is 22.2 Å². The van der Waals surface area contributed by atoms with E-state index in [9.17, 15) is 10.1 Å². The van der Waals surface area contributed by atoms with Crippen LogP contribution in [-0.4, -0.2) is 59.6 Å². The Hall–Kier alpha value is -3.30. The quantitative estimate of drug-likeness (QED) is 0.473. The maximum atomic E-state index is 10.8. The summed E-state index contributed by atoms with van der Waals surface area (Å²) in [4.78, 5) is 24.5. The zero-order valence-corrected chi connectivity index (χ0v) is 16.9. The monoisotopic (exact) mass is 407 g/mol. The molecule has 156 valence electrons. The lowest BCUT2D eigenvalue weighted by Crippen LogP contribution is -2.45. The number of likely N-dealkylation sites (N-methyl/N-ethyl adjacent to an activating group) is 1. The molecule has 4 rings (SSSR count). The van der Waals surface area contributed by atoms with E-state index in [0.29, 0.717) is 12.5 Å². The standard InChI is InChI=1S/C21H25N7O2/c1-26-10-12-27(13-11-26)21-24-19-5-3-2-4-17(19)20(25-21)18(22)14-23-15-6-8-16(9-7-15)28(29)30/h2-9,18,23H,10-14,22H2,1H3. The molecule has 0 aliphatic carbocycles. The third-order valence-corrected chi connectivity index (χ3v) is 5.36. The third-order valence-electron chi connectivity index (χ3n) is 5.36. The van der Waals surface area contributed by atoms with Crippen molar-refractivity contribution < 1.29 is 4.92 Å². The van der Waals surface area contributed by atoms with E-state index in [1.807, 2.05) is 24.3 Å². The Morgan fingerprint density at radius 2 is 1.80 bits per heavy atom. The molecule has 1 unspecified atom stereocenters. The van der Waals surface area contributed by atoms with Crippen molar-refractivity contribution in [3.63, 3.8) is 0 Å². The molecular weight excluding hydrogens is 382 g/mol. The molecule has 1 aromatic heterocycles. The van der Waals surface area contributed by atoms with E-state index < -0.39 is 4.92 Å². The number of aromatic nitrogens is 2. The van der Waals surface area contributed by atoms with Gasteiger partial charge in [-0.2, -0.15) is 0 Å². The molecule has 1 atom stereocenters. The van der Waals surface area contributed by atoms with Crippen LogP contribution in [0.5, 0.6) is 0 Å². The largest absolute Gasteiger partial charge is 0.383 e. The predicted molar refractivity (Wildman–Crippen MR) is 118 cm³/mol. The smallest absolute Gasteiger partial charge is 0.269 e. The fourth-order valence-electron chi connectivity index (χ4n) is 3.54. The van der Waals surface area contributed by atoms with Gasteiger partial charge in [-0.25, -0.2) is 9.97 Å². The molecule has 0 radical (unpaired) electrons. The van der Waals surface area contributed by atoms with E-state index in [-0.39, 0.29) is 11.7 Å². The summed E-state index contributed by atoms with van der Waals surface area (Å²) in [5, 5.41) is 15.0. The normalized spacial score (nSPS) is 15.9. The number of nitrogens with zero attached hydrogens (tertiary/aromatic N) is 5. The Kier molecular flexibility index (Phi) is 5.73. The number of nitro benzene ring substituents is 1. The topological polar surface area (TPSA) is 113 Å². The zero-order valence-electron chi connectivity index (χ0n) is 16.9. The van der Waals surface area contributed by atoms with E-state index in [1.54, 1.807) is 12.1 Å². The zero-order chi connectivity index (χ0) is 21.1. The second kappa shape index (κ2) is 8.60. The van der Waals surface area contributed by atoms with Crippen LogP contribution in [-0.2, 0) is 0 Å². The molecule has 9 heteroatoms. The minimum atomic E-state index is -0.414. The van der Waals surface area contributed by atoms with E-state index in [1.165, 1.54) is 12.1 Å². The molecule has 3 aromatic rings. The Morgan fingerprint density at radius 3 is 2.50 bits per heavy atom. The van der Waals surface area contributed by atoms with Gasteiger partial charge in [-0.05, 0) is 25.2 Å². The van der Waals surface area contributed by atoms with Crippen molar-refractivity contribution in [2.45, 2.75) is 6.04 Å². The van der Waals surface area contributed by atoms with Gasteiger partial charge in [0.15, 0.2) is 0 Å². The first-order chi connectivity index (χ1) is 14.5. The van der Waals surface area contributed by atoms with Crippen LogP contribution >= 0.6 is 0 Å². The van der Waals surface area contributed by atoms with Gasteiger partial charge in [0, 0.05) is 55.9 Å². The van der Waals surface area contributed by atoms with Crippen molar-refractivity contribution in [2.75, 3.05) is 50.0 Å². The second-order valence-electron chi connectivity index (χ2n) is 7.51. The number of rotatable bonds is 6. The number of non-ortho nitro benzene ring substituents is 1. The van der Waals surface area contributed by atoms with Crippen LogP contribution in [0.1, 0.15) is 11.7 Å². The SMILES string of the molecule is CN1CCN(c2nc(C(N)CNc3ccc([N+](=O)[O-])cc3)c3ccccc3n2)CC1. The van der Waals surface area contributed by atoms with Gasteiger partial charge in [0.25, 0.3) is 5.69 Å². The van der Waals surface area contributed by atoms with Gasteiger partial charge in [-0.15, -0.1) is 0 Å². The molecule has 30 heavy (non-hydrogen) atoms. The van der Waals surface area contributed by atoms with Gasteiger partial charge < -0.3 is 20.9 Å². The number of para-hydroxylation sites is 1. The maximum absolute atomic E-state index is 10.8. The van der Waals surface area contributed by atoms with Crippen molar-refractivity contribution in [2.24, 2.45) is 5.73 Å². The fourth-order valence-corrected chi connectivity index (χ4v) is 3.54. The predicted octanol–water partition coefficient (Wildman–Crippen LogP) is 2.40. The molecule has 9 nitrogen and oxygen atoms in total. The summed E-state index contributed by atoms with van der Waals surface area (Å²) in [6, 6.07) is 13.8. The molecule has 1 aliphatic heterocycles. The Balaban J connectivity index is 1.56. The summed E-state index contributed by atoms with van der Waals surface area (Å²) < 4.78 is 0. The fraction of sp³-hybridized carbons (Fsp3) is 0.333. The van der Waals surface area contributed by atoms with Gasteiger partial charge in [0.2, 0.25) is 5.95 Å². The molecule has 3 N–H and O–H groups in total. The van der Waals surface area contributed by atoms with E-state index >= 15 is 0 Å². The van der Waals surface area contributed by atoms with E-state index in [0.717, 1.165) is 48.5 Å².